The van der Waals surface area contributed by atoms with E-state index in [0.29, 0.717) is 0 Å². The summed E-state index contributed by atoms with van der Waals surface area (Å²) in [7, 11) is 1.68. The van der Waals surface area contributed by atoms with E-state index in [4.69, 9.17) is 4.74 Å². The van der Waals surface area contributed by atoms with Crippen molar-refractivity contribution in [2.45, 2.75) is 12.5 Å². The van der Waals surface area contributed by atoms with Gasteiger partial charge in [-0.3, -0.25) is 0 Å². The minimum Gasteiger partial charge on any atom is -0.496 e. The van der Waals surface area contributed by atoms with Crippen molar-refractivity contribution in [1.29, 1.82) is 0 Å². The molecule has 23 heavy (non-hydrogen) atoms. The van der Waals surface area contributed by atoms with Crippen LogP contribution in [-0.2, 0) is 6.42 Å². The lowest BCUT2D eigenvalue weighted by Crippen LogP contribution is -2.30. The minimum absolute atomic E-state index is 0.00154. The molecule has 1 atom stereocenters. The summed E-state index contributed by atoms with van der Waals surface area (Å²) in [5.41, 5.74) is 4.31. The third-order valence-electron chi connectivity index (χ3n) is 4.42. The van der Waals surface area contributed by atoms with Crippen LogP contribution in [0.1, 0.15) is 22.9 Å². The van der Waals surface area contributed by atoms with E-state index in [-0.39, 0.29) is 11.9 Å². The number of ether oxygens (including phenoxy) is 1. The van der Waals surface area contributed by atoms with E-state index in [2.05, 4.69) is 32.3 Å². The fourth-order valence-electron chi connectivity index (χ4n) is 3.40. The molecular weight excluding hydrogens is 359 g/mol. The SMILES string of the molecule is COc1ccc(Br)cc1C1NCCc2c1[nH]c1ccc(F)cc21. The molecule has 118 valence electrons. The molecule has 0 spiro atoms. The van der Waals surface area contributed by atoms with Crippen LogP contribution in [0.5, 0.6) is 5.75 Å². The highest BCUT2D eigenvalue weighted by atomic mass is 79.9. The van der Waals surface area contributed by atoms with Crippen LogP contribution in [0.3, 0.4) is 0 Å². The summed E-state index contributed by atoms with van der Waals surface area (Å²) in [6, 6.07) is 10.9. The third kappa shape index (κ3) is 2.44. The van der Waals surface area contributed by atoms with E-state index in [9.17, 15) is 4.39 Å². The summed E-state index contributed by atoms with van der Waals surface area (Å²) in [6.45, 7) is 0.844. The normalized spacial score (nSPS) is 17.3. The van der Waals surface area contributed by atoms with Crippen LogP contribution >= 0.6 is 15.9 Å². The third-order valence-corrected chi connectivity index (χ3v) is 4.91. The molecule has 0 radical (unpaired) electrons. The van der Waals surface area contributed by atoms with E-state index >= 15 is 0 Å². The second kappa shape index (κ2) is 5.65. The summed E-state index contributed by atoms with van der Waals surface area (Å²) < 4.78 is 20.2. The van der Waals surface area contributed by atoms with Gasteiger partial charge in [0.15, 0.2) is 0 Å². The van der Waals surface area contributed by atoms with Crippen molar-refractivity contribution in [2.75, 3.05) is 13.7 Å². The van der Waals surface area contributed by atoms with Gasteiger partial charge in [-0.15, -0.1) is 0 Å². The van der Waals surface area contributed by atoms with Crippen LogP contribution in [0, 0.1) is 5.82 Å². The lowest BCUT2D eigenvalue weighted by atomic mass is 9.94. The summed E-state index contributed by atoms with van der Waals surface area (Å²) in [6.07, 6.45) is 0.881. The van der Waals surface area contributed by atoms with Crippen LogP contribution in [0.2, 0.25) is 0 Å². The molecule has 1 aliphatic heterocycles. The predicted octanol–water partition coefficient (Wildman–Crippen LogP) is 4.31. The fraction of sp³-hybridized carbons (Fsp3) is 0.222. The minimum atomic E-state index is -0.200. The Balaban J connectivity index is 1.91. The molecule has 0 bridgehead atoms. The molecule has 0 fully saturated rings. The molecule has 1 unspecified atom stereocenters. The van der Waals surface area contributed by atoms with Gasteiger partial charge in [0, 0.05) is 33.2 Å². The van der Waals surface area contributed by atoms with Crippen molar-refractivity contribution < 1.29 is 9.13 Å². The van der Waals surface area contributed by atoms with Crippen LogP contribution in [0.4, 0.5) is 4.39 Å². The van der Waals surface area contributed by atoms with Crippen molar-refractivity contribution in [1.82, 2.24) is 10.3 Å². The van der Waals surface area contributed by atoms with Gasteiger partial charge in [-0.2, -0.15) is 0 Å². The number of aromatic nitrogens is 1. The molecule has 0 aliphatic carbocycles. The number of methoxy groups -OCH3 is 1. The summed E-state index contributed by atoms with van der Waals surface area (Å²) in [5, 5.41) is 4.52. The topological polar surface area (TPSA) is 37.0 Å². The van der Waals surface area contributed by atoms with Crippen LogP contribution < -0.4 is 10.1 Å². The Labute approximate surface area is 142 Å². The van der Waals surface area contributed by atoms with Gasteiger partial charge in [-0.1, -0.05) is 15.9 Å². The average Bonchev–Trinajstić information content (AvgIpc) is 2.92. The Hall–Kier alpha value is -1.85. The first kappa shape index (κ1) is 14.7. The molecule has 5 heteroatoms. The predicted molar refractivity (Wildman–Crippen MR) is 92.5 cm³/mol. The smallest absolute Gasteiger partial charge is 0.124 e. The Morgan fingerprint density at radius 3 is 2.91 bits per heavy atom. The summed E-state index contributed by atoms with van der Waals surface area (Å²) in [5.74, 6) is 0.637. The summed E-state index contributed by atoms with van der Waals surface area (Å²) >= 11 is 3.53. The second-order valence-corrected chi connectivity index (χ2v) is 6.65. The van der Waals surface area contributed by atoms with Gasteiger partial charge in [-0.05, 0) is 48.4 Å². The first-order chi connectivity index (χ1) is 11.2. The molecule has 1 aromatic heterocycles. The maximum atomic E-state index is 13.6. The Morgan fingerprint density at radius 1 is 1.22 bits per heavy atom. The van der Waals surface area contributed by atoms with Crippen molar-refractivity contribution in [3.05, 3.63) is 63.5 Å². The largest absolute Gasteiger partial charge is 0.496 e. The number of hydrogen-bond acceptors (Lipinski definition) is 2. The average molecular weight is 375 g/mol. The number of halogens is 2. The molecular formula is C18H16BrFN2O. The van der Waals surface area contributed by atoms with E-state index in [1.54, 1.807) is 19.2 Å². The van der Waals surface area contributed by atoms with Crippen LogP contribution in [0.25, 0.3) is 10.9 Å². The zero-order valence-electron chi connectivity index (χ0n) is 12.6. The first-order valence-electron chi connectivity index (χ1n) is 7.54. The molecule has 0 saturated carbocycles. The number of aromatic amines is 1. The molecule has 0 saturated heterocycles. The molecule has 3 aromatic rings. The zero-order valence-corrected chi connectivity index (χ0v) is 14.2. The molecule has 4 rings (SSSR count). The highest BCUT2D eigenvalue weighted by Gasteiger charge is 2.27. The van der Waals surface area contributed by atoms with Crippen molar-refractivity contribution in [3.63, 3.8) is 0 Å². The monoisotopic (exact) mass is 374 g/mol. The second-order valence-electron chi connectivity index (χ2n) is 5.73. The van der Waals surface area contributed by atoms with Gasteiger partial charge in [0.2, 0.25) is 0 Å². The maximum absolute atomic E-state index is 13.6. The van der Waals surface area contributed by atoms with E-state index in [1.165, 1.54) is 11.6 Å². The first-order valence-corrected chi connectivity index (χ1v) is 8.33. The van der Waals surface area contributed by atoms with Gasteiger partial charge >= 0.3 is 0 Å². The van der Waals surface area contributed by atoms with Crippen LogP contribution in [0.15, 0.2) is 40.9 Å². The van der Waals surface area contributed by atoms with Crippen LogP contribution in [-0.4, -0.2) is 18.6 Å². The molecule has 2 aromatic carbocycles. The van der Waals surface area contributed by atoms with Gasteiger partial charge in [0.1, 0.15) is 11.6 Å². The fourth-order valence-corrected chi connectivity index (χ4v) is 3.78. The lowest BCUT2D eigenvalue weighted by molar-refractivity contribution is 0.402. The van der Waals surface area contributed by atoms with E-state index in [0.717, 1.165) is 45.3 Å². The number of fused-ring (bicyclic) bond motifs is 3. The quantitative estimate of drug-likeness (QED) is 0.700. The van der Waals surface area contributed by atoms with Gasteiger partial charge in [0.05, 0.1) is 13.2 Å². The van der Waals surface area contributed by atoms with Crippen molar-refractivity contribution in [2.24, 2.45) is 0 Å². The standard InChI is InChI=1S/C18H16BrFN2O/c1-23-16-5-2-10(19)8-14(16)17-18-12(6-7-21-17)13-9-11(20)3-4-15(13)22-18/h2-5,8-9,17,21-22H,6-7H2,1H3. The Morgan fingerprint density at radius 2 is 2.09 bits per heavy atom. The molecule has 1 aliphatic rings. The molecule has 2 heterocycles. The number of hydrogen-bond donors (Lipinski definition) is 2. The van der Waals surface area contributed by atoms with Gasteiger partial charge < -0.3 is 15.0 Å². The highest BCUT2D eigenvalue weighted by Crippen LogP contribution is 2.38. The zero-order chi connectivity index (χ0) is 16.0. The summed E-state index contributed by atoms with van der Waals surface area (Å²) in [4.78, 5) is 3.46. The number of H-pyrrole nitrogens is 1. The van der Waals surface area contributed by atoms with Gasteiger partial charge in [0.25, 0.3) is 0 Å². The van der Waals surface area contributed by atoms with E-state index < -0.39 is 0 Å². The highest BCUT2D eigenvalue weighted by molar-refractivity contribution is 9.10. The molecule has 2 N–H and O–H groups in total. The lowest BCUT2D eigenvalue weighted by Gasteiger charge is -2.26. The van der Waals surface area contributed by atoms with Crippen molar-refractivity contribution in [3.8, 4) is 5.75 Å². The number of rotatable bonds is 2. The molecule has 3 nitrogen and oxygen atoms in total. The van der Waals surface area contributed by atoms with Crippen molar-refractivity contribution >= 4 is 26.8 Å². The number of nitrogens with one attached hydrogen (secondary N) is 2. The number of benzene rings is 2. The Bertz CT molecular complexity index is 890. The Kier molecular flexibility index (Phi) is 3.62. The van der Waals surface area contributed by atoms with E-state index in [1.807, 2.05) is 12.1 Å². The molecule has 0 amide bonds. The van der Waals surface area contributed by atoms with Gasteiger partial charge in [-0.25, -0.2) is 4.39 Å². The maximum Gasteiger partial charge on any atom is 0.124 e.